The van der Waals surface area contributed by atoms with Crippen molar-refractivity contribution >= 4 is 56.6 Å². The number of carbonyl (C=O) groups is 2. The van der Waals surface area contributed by atoms with Crippen LogP contribution in [-0.4, -0.2) is 27.9 Å². The molecular formula is C20H19Cl2NO2. The highest BCUT2D eigenvalue weighted by molar-refractivity contribution is 6.31. The summed E-state index contributed by atoms with van der Waals surface area (Å²) in [6.45, 7) is 3.05. The predicted molar refractivity (Wildman–Crippen MR) is 104 cm³/mol. The normalized spacial score (nSPS) is 11.3. The maximum absolute atomic E-state index is 12.0. The Balaban J connectivity index is 2.29. The van der Waals surface area contributed by atoms with Crippen molar-refractivity contribution in [3.8, 4) is 0 Å². The van der Waals surface area contributed by atoms with Gasteiger partial charge >= 0.3 is 0 Å². The van der Waals surface area contributed by atoms with E-state index in [-0.39, 0.29) is 23.3 Å². The van der Waals surface area contributed by atoms with Crippen LogP contribution in [-0.2, 0) is 6.54 Å². The number of Topliss-reactive ketones (excluding diaryl/α,β-unsaturated/α-hetero) is 2. The fraction of sp³-hybridized carbons (Fsp3) is 0.300. The Kier molecular flexibility index (Phi) is 5.45. The summed E-state index contributed by atoms with van der Waals surface area (Å²) in [5.74, 6) is -0.302. The van der Waals surface area contributed by atoms with Crippen LogP contribution in [0.3, 0.4) is 0 Å². The number of halogens is 2. The largest absolute Gasteiger partial charge is 0.340 e. The molecule has 0 radical (unpaired) electrons. The molecule has 0 aliphatic carbocycles. The van der Waals surface area contributed by atoms with Crippen molar-refractivity contribution < 1.29 is 9.59 Å². The first-order chi connectivity index (χ1) is 12.1. The zero-order chi connectivity index (χ0) is 18.0. The number of nitrogens with zero attached hydrogens (tertiary/aromatic N) is 1. The zero-order valence-corrected chi connectivity index (χ0v) is 15.5. The molecule has 0 bridgehead atoms. The third kappa shape index (κ3) is 3.31. The molecule has 3 aromatic rings. The van der Waals surface area contributed by atoms with Gasteiger partial charge in [0, 0.05) is 39.5 Å². The molecule has 0 amide bonds. The van der Waals surface area contributed by atoms with Crippen molar-refractivity contribution in [3.05, 3.63) is 47.5 Å². The van der Waals surface area contributed by atoms with Crippen LogP contribution < -0.4 is 0 Å². The van der Waals surface area contributed by atoms with E-state index in [4.69, 9.17) is 23.2 Å². The number of alkyl halides is 2. The lowest BCUT2D eigenvalue weighted by Crippen LogP contribution is -2.01. The molecule has 0 aliphatic rings. The maximum atomic E-state index is 12.0. The Labute approximate surface area is 156 Å². The minimum atomic E-state index is -0.106. The number of hydrogen-bond acceptors (Lipinski definition) is 2. The second-order valence-corrected chi connectivity index (χ2v) is 6.62. The first-order valence-corrected chi connectivity index (χ1v) is 9.42. The van der Waals surface area contributed by atoms with E-state index in [2.05, 4.69) is 11.5 Å². The van der Waals surface area contributed by atoms with Crippen LogP contribution in [0.4, 0.5) is 0 Å². The molecule has 0 N–H and O–H groups in total. The second-order valence-electron chi connectivity index (χ2n) is 6.08. The number of aryl methyl sites for hydroxylation is 1. The molecule has 0 spiro atoms. The van der Waals surface area contributed by atoms with E-state index in [1.165, 1.54) is 0 Å². The second kappa shape index (κ2) is 7.59. The topological polar surface area (TPSA) is 39.1 Å². The number of fused-ring (bicyclic) bond motifs is 3. The quantitative estimate of drug-likeness (QED) is 0.407. The van der Waals surface area contributed by atoms with Gasteiger partial charge in [0.2, 0.25) is 0 Å². The summed E-state index contributed by atoms with van der Waals surface area (Å²) in [5.41, 5.74) is 3.30. The highest BCUT2D eigenvalue weighted by atomic mass is 35.5. The van der Waals surface area contributed by atoms with Gasteiger partial charge in [0.15, 0.2) is 11.6 Å². The van der Waals surface area contributed by atoms with Gasteiger partial charge in [-0.2, -0.15) is 0 Å². The van der Waals surface area contributed by atoms with Crippen molar-refractivity contribution in [1.82, 2.24) is 4.57 Å². The molecule has 5 heteroatoms. The number of carbonyl (C=O) groups excluding carboxylic acids is 2. The Hall–Kier alpha value is -1.84. The smallest absolute Gasteiger partial charge is 0.177 e. The van der Waals surface area contributed by atoms with E-state index in [1.807, 2.05) is 36.4 Å². The summed E-state index contributed by atoms with van der Waals surface area (Å²) in [7, 11) is 0. The van der Waals surface area contributed by atoms with Gasteiger partial charge in [0.1, 0.15) is 0 Å². The van der Waals surface area contributed by atoms with Gasteiger partial charge in [0.05, 0.1) is 11.8 Å². The van der Waals surface area contributed by atoms with E-state index in [1.54, 1.807) is 0 Å². The molecule has 0 fully saturated rings. The fourth-order valence-corrected chi connectivity index (χ4v) is 3.47. The third-order valence-electron chi connectivity index (χ3n) is 4.49. The fourth-order valence-electron chi connectivity index (χ4n) is 3.16. The monoisotopic (exact) mass is 375 g/mol. The highest BCUT2D eigenvalue weighted by Gasteiger charge is 2.15. The molecule has 0 unspecified atom stereocenters. The Morgan fingerprint density at radius 2 is 1.36 bits per heavy atom. The molecule has 0 saturated heterocycles. The number of aromatic nitrogens is 1. The highest BCUT2D eigenvalue weighted by Crippen LogP contribution is 2.31. The first-order valence-electron chi connectivity index (χ1n) is 8.35. The lowest BCUT2D eigenvalue weighted by Gasteiger charge is -2.07. The molecule has 3 nitrogen and oxygen atoms in total. The Bertz CT molecular complexity index is 886. The van der Waals surface area contributed by atoms with Gasteiger partial charge in [-0.05, 0) is 42.8 Å². The lowest BCUT2D eigenvalue weighted by molar-refractivity contribution is 0.101. The van der Waals surface area contributed by atoms with Gasteiger partial charge in [0.25, 0.3) is 0 Å². The molecule has 0 aliphatic heterocycles. The molecule has 0 atom stereocenters. The van der Waals surface area contributed by atoms with E-state index >= 15 is 0 Å². The summed E-state index contributed by atoms with van der Waals surface area (Å²) in [5, 5.41) is 1.93. The van der Waals surface area contributed by atoms with Crippen molar-refractivity contribution in [1.29, 1.82) is 0 Å². The molecule has 130 valence electrons. The molecule has 1 aromatic heterocycles. The van der Waals surface area contributed by atoms with Crippen LogP contribution in [0.1, 0.15) is 40.5 Å². The number of unbranched alkanes of at least 4 members (excludes halogenated alkanes) is 1. The van der Waals surface area contributed by atoms with Crippen LogP contribution in [0.5, 0.6) is 0 Å². The Morgan fingerprint density at radius 1 is 0.880 bits per heavy atom. The van der Waals surface area contributed by atoms with Crippen LogP contribution in [0.15, 0.2) is 36.4 Å². The summed E-state index contributed by atoms with van der Waals surface area (Å²) in [6, 6.07) is 11.3. The van der Waals surface area contributed by atoms with Gasteiger partial charge in [-0.3, -0.25) is 9.59 Å². The van der Waals surface area contributed by atoms with Crippen LogP contribution in [0.2, 0.25) is 0 Å². The van der Waals surface area contributed by atoms with Crippen LogP contribution >= 0.6 is 23.2 Å². The zero-order valence-electron chi connectivity index (χ0n) is 14.0. The predicted octanol–water partition coefficient (Wildman–Crippen LogP) is 5.44. The van der Waals surface area contributed by atoms with E-state index < -0.39 is 0 Å². The number of hydrogen-bond donors (Lipinski definition) is 0. The Morgan fingerprint density at radius 3 is 1.76 bits per heavy atom. The van der Waals surface area contributed by atoms with Crippen molar-refractivity contribution in [2.75, 3.05) is 11.8 Å². The lowest BCUT2D eigenvalue weighted by atomic mass is 10.0. The van der Waals surface area contributed by atoms with E-state index in [9.17, 15) is 9.59 Å². The van der Waals surface area contributed by atoms with Crippen molar-refractivity contribution in [2.24, 2.45) is 0 Å². The molecule has 2 aromatic carbocycles. The van der Waals surface area contributed by atoms with E-state index in [0.717, 1.165) is 41.2 Å². The SMILES string of the molecule is CCCCn1c2ccc(C(=O)CCl)cc2c2cc(C(=O)CCl)ccc21. The molecule has 25 heavy (non-hydrogen) atoms. The summed E-state index contributed by atoms with van der Waals surface area (Å²) >= 11 is 11.4. The van der Waals surface area contributed by atoms with Crippen LogP contribution in [0.25, 0.3) is 21.8 Å². The summed E-state index contributed by atoms with van der Waals surface area (Å²) < 4.78 is 2.25. The van der Waals surface area contributed by atoms with Gasteiger partial charge < -0.3 is 4.57 Å². The summed E-state index contributed by atoms with van der Waals surface area (Å²) in [4.78, 5) is 24.0. The number of rotatable bonds is 7. The maximum Gasteiger partial charge on any atom is 0.177 e. The minimum absolute atomic E-state index is 0.0457. The van der Waals surface area contributed by atoms with Crippen LogP contribution in [0, 0.1) is 0 Å². The average molecular weight is 376 g/mol. The number of benzene rings is 2. The molecular weight excluding hydrogens is 357 g/mol. The molecule has 1 heterocycles. The van der Waals surface area contributed by atoms with E-state index in [0.29, 0.717) is 11.1 Å². The van der Waals surface area contributed by atoms with Gasteiger partial charge in [-0.15, -0.1) is 23.2 Å². The standard InChI is InChI=1S/C20H19Cl2NO2/c1-2-3-8-23-17-6-4-13(19(24)11-21)9-15(17)16-10-14(20(25)12-22)5-7-18(16)23/h4-7,9-10H,2-3,8,11-12H2,1H3. The third-order valence-corrected chi connectivity index (χ3v) is 4.97. The average Bonchev–Trinajstić information content (AvgIpc) is 2.97. The first kappa shape index (κ1) is 18.0. The molecule has 3 rings (SSSR count). The molecule has 0 saturated carbocycles. The number of ketones is 2. The minimum Gasteiger partial charge on any atom is -0.340 e. The van der Waals surface area contributed by atoms with Crippen molar-refractivity contribution in [2.45, 2.75) is 26.3 Å². The van der Waals surface area contributed by atoms with Gasteiger partial charge in [-0.25, -0.2) is 0 Å². The van der Waals surface area contributed by atoms with Gasteiger partial charge in [-0.1, -0.05) is 13.3 Å². The summed E-state index contributed by atoms with van der Waals surface area (Å²) in [6.07, 6.45) is 2.15. The van der Waals surface area contributed by atoms with Crippen molar-refractivity contribution in [3.63, 3.8) is 0 Å².